The summed E-state index contributed by atoms with van der Waals surface area (Å²) in [7, 11) is 1.51. The number of halogens is 3. The summed E-state index contributed by atoms with van der Waals surface area (Å²) in [5, 5.41) is 5.01. The van der Waals surface area contributed by atoms with Crippen molar-refractivity contribution in [3.8, 4) is 0 Å². The van der Waals surface area contributed by atoms with Crippen molar-refractivity contribution >= 4 is 23.0 Å². The highest BCUT2D eigenvalue weighted by Crippen LogP contribution is 2.36. The Morgan fingerprint density at radius 1 is 1.47 bits per heavy atom. The predicted molar refractivity (Wildman–Crippen MR) is 53.7 cm³/mol. The van der Waals surface area contributed by atoms with E-state index in [9.17, 15) is 13.2 Å². The first-order valence-electron chi connectivity index (χ1n) is 4.01. The number of anilines is 1. The van der Waals surface area contributed by atoms with E-state index < -0.39 is 11.9 Å². The Hall–Kier alpha value is -1.24. The standard InChI is InChI=1S/C8H9F3N2OS/c1-4-3-5(13-7(15)12-2)6(14-4)8(9,10)11/h3H,1-2H3,(H2,12,13,15). The number of thiocarbonyl (C=S) groups is 1. The molecule has 1 heterocycles. The van der Waals surface area contributed by atoms with Crippen LogP contribution in [0.5, 0.6) is 0 Å². The largest absolute Gasteiger partial charge is 0.455 e. The van der Waals surface area contributed by atoms with Crippen molar-refractivity contribution in [1.29, 1.82) is 0 Å². The average Bonchev–Trinajstić information content (AvgIpc) is 2.45. The summed E-state index contributed by atoms with van der Waals surface area (Å²) in [6.07, 6.45) is -4.53. The number of hydrogen-bond acceptors (Lipinski definition) is 2. The van der Waals surface area contributed by atoms with E-state index in [1.54, 1.807) is 0 Å². The van der Waals surface area contributed by atoms with E-state index in [2.05, 4.69) is 15.1 Å². The normalized spacial score (nSPS) is 11.3. The van der Waals surface area contributed by atoms with Crippen molar-refractivity contribution < 1.29 is 17.6 Å². The Morgan fingerprint density at radius 2 is 2.07 bits per heavy atom. The van der Waals surface area contributed by atoms with Gasteiger partial charge < -0.3 is 15.1 Å². The number of aryl methyl sites for hydroxylation is 1. The first-order chi connectivity index (χ1) is 6.84. The Bertz CT molecular complexity index is 372. The fourth-order valence-corrected chi connectivity index (χ4v) is 1.11. The molecule has 0 aliphatic rings. The molecule has 7 heteroatoms. The third-order valence-corrected chi connectivity index (χ3v) is 1.89. The molecule has 0 bridgehead atoms. The number of furan rings is 1. The topological polar surface area (TPSA) is 37.2 Å². The molecule has 84 valence electrons. The number of hydrogen-bond donors (Lipinski definition) is 2. The summed E-state index contributed by atoms with van der Waals surface area (Å²) < 4.78 is 41.8. The molecule has 0 aliphatic heterocycles. The monoisotopic (exact) mass is 238 g/mol. The second-order valence-electron chi connectivity index (χ2n) is 2.80. The van der Waals surface area contributed by atoms with Gasteiger partial charge in [-0.3, -0.25) is 0 Å². The van der Waals surface area contributed by atoms with Gasteiger partial charge in [0.2, 0.25) is 5.76 Å². The molecule has 0 spiro atoms. The highest BCUT2D eigenvalue weighted by atomic mass is 32.1. The third-order valence-electron chi connectivity index (χ3n) is 1.59. The molecule has 1 aromatic heterocycles. The number of rotatable bonds is 1. The summed E-state index contributed by atoms with van der Waals surface area (Å²) in [6.45, 7) is 1.43. The lowest BCUT2D eigenvalue weighted by molar-refractivity contribution is -0.152. The van der Waals surface area contributed by atoms with Crippen LogP contribution in [-0.2, 0) is 6.18 Å². The minimum Gasteiger partial charge on any atom is -0.455 e. The van der Waals surface area contributed by atoms with Crippen LogP contribution in [0.3, 0.4) is 0 Å². The van der Waals surface area contributed by atoms with Gasteiger partial charge in [-0.1, -0.05) is 0 Å². The molecule has 0 saturated heterocycles. The van der Waals surface area contributed by atoms with Crippen LogP contribution in [0.2, 0.25) is 0 Å². The number of alkyl halides is 3. The minimum atomic E-state index is -4.53. The van der Waals surface area contributed by atoms with Gasteiger partial charge in [0.1, 0.15) is 5.76 Å². The van der Waals surface area contributed by atoms with Gasteiger partial charge in [0.25, 0.3) is 0 Å². The molecule has 3 nitrogen and oxygen atoms in total. The summed E-state index contributed by atoms with van der Waals surface area (Å²) in [4.78, 5) is 0. The zero-order valence-electron chi connectivity index (χ0n) is 8.03. The molecule has 15 heavy (non-hydrogen) atoms. The van der Waals surface area contributed by atoms with E-state index in [0.717, 1.165) is 0 Å². The molecule has 2 N–H and O–H groups in total. The van der Waals surface area contributed by atoms with Gasteiger partial charge in [-0.2, -0.15) is 13.2 Å². The molecule has 1 aromatic rings. The first-order valence-corrected chi connectivity index (χ1v) is 4.41. The Morgan fingerprint density at radius 3 is 2.53 bits per heavy atom. The van der Waals surface area contributed by atoms with E-state index in [1.165, 1.54) is 20.0 Å². The van der Waals surface area contributed by atoms with E-state index >= 15 is 0 Å². The van der Waals surface area contributed by atoms with E-state index in [0.29, 0.717) is 0 Å². The van der Waals surface area contributed by atoms with Crippen LogP contribution < -0.4 is 10.6 Å². The molecule has 0 atom stereocenters. The fraction of sp³-hybridized carbons (Fsp3) is 0.375. The molecule has 0 saturated carbocycles. The average molecular weight is 238 g/mol. The zero-order chi connectivity index (χ0) is 11.6. The molecule has 0 radical (unpaired) electrons. The molecule has 0 aromatic carbocycles. The van der Waals surface area contributed by atoms with Crippen molar-refractivity contribution in [1.82, 2.24) is 5.32 Å². The number of nitrogens with one attached hydrogen (secondary N) is 2. The lowest BCUT2D eigenvalue weighted by Crippen LogP contribution is -2.25. The van der Waals surface area contributed by atoms with Gasteiger partial charge in [-0.25, -0.2) is 0 Å². The van der Waals surface area contributed by atoms with Gasteiger partial charge in [-0.15, -0.1) is 0 Å². The second-order valence-corrected chi connectivity index (χ2v) is 3.21. The van der Waals surface area contributed by atoms with Gasteiger partial charge in [0.05, 0.1) is 5.69 Å². The van der Waals surface area contributed by atoms with Crippen molar-refractivity contribution in [2.75, 3.05) is 12.4 Å². The maximum absolute atomic E-state index is 12.4. The summed E-state index contributed by atoms with van der Waals surface area (Å²) in [5.74, 6) is -0.902. The second kappa shape index (κ2) is 4.09. The van der Waals surface area contributed by atoms with Crippen molar-refractivity contribution in [3.05, 3.63) is 17.6 Å². The molecule has 0 amide bonds. The Labute approximate surface area is 89.6 Å². The SMILES string of the molecule is CNC(=S)Nc1cc(C)oc1C(F)(F)F. The first kappa shape index (κ1) is 11.8. The minimum absolute atomic E-state index is 0.0984. The fourth-order valence-electron chi connectivity index (χ4n) is 1.00. The van der Waals surface area contributed by atoms with Crippen molar-refractivity contribution in [2.45, 2.75) is 13.1 Å². The lowest BCUT2D eigenvalue weighted by atomic mass is 10.3. The predicted octanol–water partition coefficient (Wildman–Crippen LogP) is 2.52. The van der Waals surface area contributed by atoms with Gasteiger partial charge in [0, 0.05) is 13.1 Å². The molecule has 0 unspecified atom stereocenters. The summed E-state index contributed by atoms with van der Waals surface area (Å²) in [6, 6.07) is 1.24. The Kier molecular flexibility index (Phi) is 3.23. The van der Waals surface area contributed by atoms with Crippen LogP contribution in [0.15, 0.2) is 10.5 Å². The molecule has 1 rings (SSSR count). The zero-order valence-corrected chi connectivity index (χ0v) is 8.84. The molecule has 0 aliphatic carbocycles. The molecular formula is C8H9F3N2OS. The lowest BCUT2D eigenvalue weighted by Gasteiger charge is -2.08. The van der Waals surface area contributed by atoms with E-state index in [1.807, 2.05) is 0 Å². The van der Waals surface area contributed by atoms with Crippen LogP contribution in [0, 0.1) is 6.92 Å². The Balaban J connectivity index is 3.02. The van der Waals surface area contributed by atoms with Gasteiger partial charge in [0.15, 0.2) is 5.11 Å². The van der Waals surface area contributed by atoms with Crippen molar-refractivity contribution in [3.63, 3.8) is 0 Å². The van der Waals surface area contributed by atoms with Gasteiger partial charge >= 0.3 is 6.18 Å². The highest BCUT2D eigenvalue weighted by molar-refractivity contribution is 7.80. The third kappa shape index (κ3) is 2.85. The molecular weight excluding hydrogens is 229 g/mol. The van der Waals surface area contributed by atoms with Crippen molar-refractivity contribution in [2.24, 2.45) is 0 Å². The van der Waals surface area contributed by atoms with Crippen LogP contribution in [-0.4, -0.2) is 12.2 Å². The van der Waals surface area contributed by atoms with Crippen LogP contribution in [0.25, 0.3) is 0 Å². The van der Waals surface area contributed by atoms with E-state index in [4.69, 9.17) is 12.2 Å². The van der Waals surface area contributed by atoms with Crippen LogP contribution in [0.4, 0.5) is 18.9 Å². The highest BCUT2D eigenvalue weighted by Gasteiger charge is 2.38. The smallest absolute Gasteiger partial charge is 0.451 e. The van der Waals surface area contributed by atoms with Gasteiger partial charge in [-0.05, 0) is 19.1 Å². The maximum atomic E-state index is 12.4. The summed E-state index contributed by atoms with van der Waals surface area (Å²) >= 11 is 4.70. The van der Waals surface area contributed by atoms with Crippen LogP contribution in [0.1, 0.15) is 11.5 Å². The van der Waals surface area contributed by atoms with E-state index in [-0.39, 0.29) is 16.6 Å². The molecule has 0 fully saturated rings. The summed E-state index contributed by atoms with van der Waals surface area (Å²) in [5.41, 5.74) is -0.181. The van der Waals surface area contributed by atoms with Crippen LogP contribution >= 0.6 is 12.2 Å². The quantitative estimate of drug-likeness (QED) is 0.737. The maximum Gasteiger partial charge on any atom is 0.451 e.